The molecular weight excluding hydrogens is 432 g/mol. The third kappa shape index (κ3) is 3.97. The minimum atomic E-state index is 0.0461. The molecule has 1 aliphatic rings. The molecule has 0 saturated heterocycles. The van der Waals surface area contributed by atoms with Crippen LogP contribution in [0.4, 0.5) is 0 Å². The predicted octanol–water partition coefficient (Wildman–Crippen LogP) is 5.87. The predicted molar refractivity (Wildman–Crippen MR) is 124 cm³/mol. The highest BCUT2D eigenvalue weighted by atomic mass is 32.2. The van der Waals surface area contributed by atoms with E-state index in [9.17, 15) is 4.79 Å². The van der Waals surface area contributed by atoms with E-state index in [1.807, 2.05) is 35.2 Å². The van der Waals surface area contributed by atoms with Gasteiger partial charge in [-0.25, -0.2) is 4.98 Å². The SMILES string of the molecule is O=C(CSCc1coc(-c2ccccc2)n1)N1CCc2sccc2C1c1cccs1. The number of hydrogen-bond donors (Lipinski definition) is 0. The maximum absolute atomic E-state index is 13.1. The number of benzene rings is 1. The van der Waals surface area contributed by atoms with Crippen LogP contribution in [0.3, 0.4) is 0 Å². The molecule has 5 rings (SSSR count). The van der Waals surface area contributed by atoms with Gasteiger partial charge >= 0.3 is 0 Å². The van der Waals surface area contributed by atoms with E-state index in [4.69, 9.17) is 4.42 Å². The van der Waals surface area contributed by atoms with Crippen molar-refractivity contribution >= 4 is 40.3 Å². The average molecular weight is 453 g/mol. The van der Waals surface area contributed by atoms with E-state index in [2.05, 4.69) is 33.9 Å². The Morgan fingerprint density at radius 3 is 2.87 bits per heavy atom. The second-order valence-electron chi connectivity index (χ2n) is 7.06. The van der Waals surface area contributed by atoms with Gasteiger partial charge in [-0.05, 0) is 47.0 Å². The van der Waals surface area contributed by atoms with E-state index in [-0.39, 0.29) is 11.9 Å². The van der Waals surface area contributed by atoms with Crippen LogP contribution in [0.2, 0.25) is 0 Å². The van der Waals surface area contributed by atoms with Crippen LogP contribution in [-0.2, 0) is 17.0 Å². The third-order valence-electron chi connectivity index (χ3n) is 5.15. The van der Waals surface area contributed by atoms with Crippen LogP contribution >= 0.6 is 34.4 Å². The van der Waals surface area contributed by atoms with Crippen LogP contribution in [0.25, 0.3) is 11.5 Å². The lowest BCUT2D eigenvalue weighted by atomic mass is 9.98. The largest absolute Gasteiger partial charge is 0.444 e. The highest BCUT2D eigenvalue weighted by molar-refractivity contribution is 7.99. The maximum Gasteiger partial charge on any atom is 0.233 e. The molecule has 0 N–H and O–H groups in total. The Morgan fingerprint density at radius 1 is 1.13 bits per heavy atom. The number of aromatic nitrogens is 1. The first-order chi connectivity index (χ1) is 14.8. The Bertz CT molecular complexity index is 1120. The van der Waals surface area contributed by atoms with Gasteiger partial charge in [-0.15, -0.1) is 34.4 Å². The zero-order valence-corrected chi connectivity index (χ0v) is 18.6. The van der Waals surface area contributed by atoms with Crippen LogP contribution in [0, 0.1) is 0 Å². The van der Waals surface area contributed by atoms with E-state index < -0.39 is 0 Å². The summed E-state index contributed by atoms with van der Waals surface area (Å²) in [5.74, 6) is 1.90. The Labute approximate surface area is 187 Å². The normalized spacial score (nSPS) is 15.9. The van der Waals surface area contributed by atoms with Crippen LogP contribution in [0.5, 0.6) is 0 Å². The van der Waals surface area contributed by atoms with Crippen molar-refractivity contribution in [2.24, 2.45) is 0 Å². The van der Waals surface area contributed by atoms with E-state index in [1.54, 1.807) is 40.7 Å². The second-order valence-corrected chi connectivity index (χ2v) is 10.0. The van der Waals surface area contributed by atoms with E-state index in [0.717, 1.165) is 24.2 Å². The standard InChI is InChI=1S/C23H20N2O2S3/c26-21(15-28-14-17-13-27-23(24-17)16-5-2-1-3-6-16)25-10-8-19-18(9-12-30-19)22(25)20-7-4-11-29-20/h1-7,9,11-13,22H,8,10,14-15H2. The summed E-state index contributed by atoms with van der Waals surface area (Å²) in [5, 5.41) is 4.23. The van der Waals surface area contributed by atoms with Gasteiger partial charge in [0, 0.05) is 27.6 Å². The van der Waals surface area contributed by atoms with Gasteiger partial charge < -0.3 is 9.32 Å². The van der Waals surface area contributed by atoms with Crippen molar-refractivity contribution in [3.8, 4) is 11.5 Å². The molecule has 0 radical (unpaired) electrons. The van der Waals surface area contributed by atoms with Gasteiger partial charge in [0.25, 0.3) is 0 Å². The molecule has 152 valence electrons. The van der Waals surface area contributed by atoms with Gasteiger partial charge in [-0.2, -0.15) is 0 Å². The topological polar surface area (TPSA) is 46.3 Å². The van der Waals surface area contributed by atoms with Crippen LogP contribution < -0.4 is 0 Å². The molecular formula is C23H20N2O2S3. The number of hydrogen-bond acceptors (Lipinski definition) is 6. The van der Waals surface area contributed by atoms with Crippen molar-refractivity contribution in [2.45, 2.75) is 18.2 Å². The molecule has 4 aromatic rings. The van der Waals surface area contributed by atoms with Gasteiger partial charge in [0.15, 0.2) is 0 Å². The molecule has 1 aliphatic heterocycles. The van der Waals surface area contributed by atoms with Crippen molar-refractivity contribution in [1.29, 1.82) is 0 Å². The molecule has 0 spiro atoms. The number of carbonyl (C=O) groups is 1. The van der Waals surface area contributed by atoms with Crippen molar-refractivity contribution in [1.82, 2.24) is 9.88 Å². The Hall–Kier alpha value is -2.35. The number of oxazole rings is 1. The summed E-state index contributed by atoms with van der Waals surface area (Å²) in [6.45, 7) is 0.775. The molecule has 1 atom stereocenters. The molecule has 3 aromatic heterocycles. The Morgan fingerprint density at radius 2 is 2.03 bits per heavy atom. The molecule has 1 unspecified atom stereocenters. The van der Waals surface area contributed by atoms with Crippen molar-refractivity contribution < 1.29 is 9.21 Å². The van der Waals surface area contributed by atoms with Crippen molar-refractivity contribution in [2.75, 3.05) is 12.3 Å². The fourth-order valence-electron chi connectivity index (χ4n) is 3.75. The zero-order valence-electron chi connectivity index (χ0n) is 16.2. The summed E-state index contributed by atoms with van der Waals surface area (Å²) < 4.78 is 5.60. The molecule has 0 fully saturated rings. The number of amides is 1. The van der Waals surface area contributed by atoms with Crippen LogP contribution in [-0.4, -0.2) is 28.1 Å². The molecule has 30 heavy (non-hydrogen) atoms. The summed E-state index contributed by atoms with van der Waals surface area (Å²) in [7, 11) is 0. The first-order valence-electron chi connectivity index (χ1n) is 9.76. The smallest absolute Gasteiger partial charge is 0.233 e. The Kier molecular flexibility index (Phi) is 5.75. The summed E-state index contributed by atoms with van der Waals surface area (Å²) in [4.78, 5) is 22.4. The summed E-state index contributed by atoms with van der Waals surface area (Å²) >= 11 is 5.11. The number of thiophene rings is 2. The molecule has 4 heterocycles. The average Bonchev–Trinajstić information content (AvgIpc) is 3.55. The minimum Gasteiger partial charge on any atom is -0.444 e. The Balaban J connectivity index is 1.24. The molecule has 0 bridgehead atoms. The molecule has 1 aromatic carbocycles. The van der Waals surface area contributed by atoms with E-state index in [1.165, 1.54) is 15.3 Å². The quantitative estimate of drug-likeness (QED) is 0.367. The van der Waals surface area contributed by atoms with Gasteiger partial charge in [-0.1, -0.05) is 24.3 Å². The zero-order chi connectivity index (χ0) is 20.3. The van der Waals surface area contributed by atoms with E-state index in [0.29, 0.717) is 17.4 Å². The minimum absolute atomic E-state index is 0.0461. The van der Waals surface area contributed by atoms with Crippen LogP contribution in [0.15, 0.2) is 70.0 Å². The summed E-state index contributed by atoms with van der Waals surface area (Å²) in [6, 6.07) is 16.3. The first-order valence-corrected chi connectivity index (χ1v) is 12.7. The lowest BCUT2D eigenvalue weighted by molar-refractivity contribution is -0.130. The lowest BCUT2D eigenvalue weighted by Crippen LogP contribution is -2.40. The first kappa shape index (κ1) is 19.6. The number of thioether (sulfide) groups is 1. The molecule has 0 aliphatic carbocycles. The number of fused-ring (bicyclic) bond motifs is 1. The van der Waals surface area contributed by atoms with Crippen molar-refractivity contribution in [3.05, 3.63) is 86.6 Å². The highest BCUT2D eigenvalue weighted by Gasteiger charge is 2.33. The summed E-state index contributed by atoms with van der Waals surface area (Å²) in [6.07, 6.45) is 2.63. The molecule has 1 amide bonds. The number of carbonyl (C=O) groups excluding carboxylic acids is 1. The molecule has 4 nitrogen and oxygen atoms in total. The summed E-state index contributed by atoms with van der Waals surface area (Å²) in [5.41, 5.74) is 3.11. The monoisotopic (exact) mass is 452 g/mol. The molecule has 7 heteroatoms. The second kappa shape index (κ2) is 8.79. The molecule has 0 saturated carbocycles. The van der Waals surface area contributed by atoms with Gasteiger partial charge in [0.05, 0.1) is 17.5 Å². The lowest BCUT2D eigenvalue weighted by Gasteiger charge is -2.35. The van der Waals surface area contributed by atoms with Gasteiger partial charge in [0.1, 0.15) is 6.26 Å². The van der Waals surface area contributed by atoms with Crippen LogP contribution in [0.1, 0.15) is 27.1 Å². The number of nitrogens with zero attached hydrogens (tertiary/aromatic N) is 2. The van der Waals surface area contributed by atoms with Gasteiger partial charge in [-0.3, -0.25) is 4.79 Å². The fraction of sp³-hybridized carbons (Fsp3) is 0.217. The fourth-order valence-corrected chi connectivity index (χ4v) is 6.29. The number of rotatable bonds is 6. The van der Waals surface area contributed by atoms with E-state index >= 15 is 0 Å². The van der Waals surface area contributed by atoms with Gasteiger partial charge in [0.2, 0.25) is 11.8 Å². The third-order valence-corrected chi connectivity index (χ3v) is 8.02. The highest BCUT2D eigenvalue weighted by Crippen LogP contribution is 2.39. The maximum atomic E-state index is 13.1. The van der Waals surface area contributed by atoms with Crippen molar-refractivity contribution in [3.63, 3.8) is 0 Å².